The molecule has 1 amide bonds. The molecule has 0 saturated heterocycles. The second kappa shape index (κ2) is 5.54. The first-order valence-corrected chi connectivity index (χ1v) is 5.38. The van der Waals surface area contributed by atoms with Crippen LogP contribution < -0.4 is 11.1 Å². The van der Waals surface area contributed by atoms with E-state index in [0.717, 1.165) is 5.56 Å². The maximum Gasteiger partial charge on any atom is 0.234 e. The molecule has 1 aromatic carbocycles. The summed E-state index contributed by atoms with van der Waals surface area (Å²) in [5.41, 5.74) is 6.84. The summed E-state index contributed by atoms with van der Waals surface area (Å²) in [5.74, 6) is -1.26. The Morgan fingerprint density at radius 3 is 2.76 bits per heavy atom. The van der Waals surface area contributed by atoms with Gasteiger partial charge in [0.15, 0.2) is 5.84 Å². The van der Waals surface area contributed by atoms with Crippen molar-refractivity contribution in [3.63, 3.8) is 0 Å². The Hall–Kier alpha value is -1.75. The molecule has 17 heavy (non-hydrogen) atoms. The van der Waals surface area contributed by atoms with Gasteiger partial charge in [0.1, 0.15) is 0 Å². The van der Waals surface area contributed by atoms with E-state index in [1.54, 1.807) is 12.1 Å². The summed E-state index contributed by atoms with van der Waals surface area (Å²) < 4.78 is 0. The fraction of sp³-hybridized carbons (Fsp3) is 0.273. The van der Waals surface area contributed by atoms with E-state index in [0.29, 0.717) is 10.7 Å². The van der Waals surface area contributed by atoms with Crippen LogP contribution in [0.4, 0.5) is 5.69 Å². The molecule has 4 N–H and O–H groups in total. The summed E-state index contributed by atoms with van der Waals surface area (Å²) in [5, 5.41) is 14.3. The summed E-state index contributed by atoms with van der Waals surface area (Å²) in [4.78, 5) is 11.7. The van der Waals surface area contributed by atoms with Crippen LogP contribution in [0.5, 0.6) is 0 Å². The Balaban J connectivity index is 2.81. The summed E-state index contributed by atoms with van der Waals surface area (Å²) in [6.45, 7) is 3.43. The highest BCUT2D eigenvalue weighted by Gasteiger charge is 2.18. The predicted octanol–water partition coefficient (Wildman–Crippen LogP) is 1.97. The largest absolute Gasteiger partial charge is 0.409 e. The summed E-state index contributed by atoms with van der Waals surface area (Å²) in [6, 6.07) is 5.27. The quantitative estimate of drug-likeness (QED) is 0.334. The SMILES string of the molecule is Cc1ccc(NC(=O)C(C)C(N)=NO)c(Cl)c1. The molecule has 0 bridgehead atoms. The smallest absolute Gasteiger partial charge is 0.234 e. The Morgan fingerprint density at radius 2 is 2.24 bits per heavy atom. The van der Waals surface area contributed by atoms with Crippen LogP contribution in [-0.2, 0) is 4.79 Å². The zero-order chi connectivity index (χ0) is 13.0. The number of carbonyl (C=O) groups is 1. The second-order valence-corrected chi connectivity index (χ2v) is 4.13. The Labute approximate surface area is 104 Å². The van der Waals surface area contributed by atoms with E-state index in [-0.39, 0.29) is 11.7 Å². The van der Waals surface area contributed by atoms with Gasteiger partial charge in [-0.25, -0.2) is 0 Å². The highest BCUT2D eigenvalue weighted by Crippen LogP contribution is 2.23. The van der Waals surface area contributed by atoms with Gasteiger partial charge in [-0.1, -0.05) is 22.8 Å². The van der Waals surface area contributed by atoms with Gasteiger partial charge < -0.3 is 16.3 Å². The van der Waals surface area contributed by atoms with Crippen molar-refractivity contribution in [2.75, 3.05) is 5.32 Å². The van der Waals surface area contributed by atoms with E-state index in [1.165, 1.54) is 6.92 Å². The monoisotopic (exact) mass is 255 g/mol. The zero-order valence-electron chi connectivity index (χ0n) is 9.57. The average Bonchev–Trinajstić information content (AvgIpc) is 2.30. The first kappa shape index (κ1) is 13.3. The Kier molecular flexibility index (Phi) is 4.34. The fourth-order valence-corrected chi connectivity index (χ4v) is 1.47. The highest BCUT2D eigenvalue weighted by atomic mass is 35.5. The normalized spacial score (nSPS) is 13.2. The van der Waals surface area contributed by atoms with Crippen molar-refractivity contribution in [3.8, 4) is 0 Å². The van der Waals surface area contributed by atoms with Gasteiger partial charge in [-0.2, -0.15) is 0 Å². The molecular formula is C11H14ClN3O2. The van der Waals surface area contributed by atoms with Gasteiger partial charge in [0.2, 0.25) is 5.91 Å². The van der Waals surface area contributed by atoms with Crippen molar-refractivity contribution in [2.45, 2.75) is 13.8 Å². The van der Waals surface area contributed by atoms with Crippen LogP contribution in [0.1, 0.15) is 12.5 Å². The third kappa shape index (κ3) is 3.35. The number of hydrogen-bond acceptors (Lipinski definition) is 3. The first-order valence-electron chi connectivity index (χ1n) is 5.00. The lowest BCUT2D eigenvalue weighted by atomic mass is 10.1. The maximum absolute atomic E-state index is 11.7. The second-order valence-electron chi connectivity index (χ2n) is 3.72. The first-order chi connectivity index (χ1) is 7.95. The molecule has 0 aliphatic heterocycles. The van der Waals surface area contributed by atoms with Gasteiger partial charge in [0, 0.05) is 0 Å². The molecule has 0 aliphatic rings. The number of amides is 1. The number of nitrogens with one attached hydrogen (secondary N) is 1. The number of hydrogen-bond donors (Lipinski definition) is 3. The van der Waals surface area contributed by atoms with Gasteiger partial charge in [-0.05, 0) is 31.5 Å². The molecular weight excluding hydrogens is 242 g/mol. The number of anilines is 1. The van der Waals surface area contributed by atoms with E-state index in [9.17, 15) is 4.79 Å². The van der Waals surface area contributed by atoms with E-state index in [1.807, 2.05) is 13.0 Å². The number of halogens is 1. The molecule has 0 saturated carbocycles. The van der Waals surface area contributed by atoms with Crippen LogP contribution in [0, 0.1) is 12.8 Å². The minimum atomic E-state index is -0.725. The van der Waals surface area contributed by atoms with Crippen molar-refractivity contribution in [1.29, 1.82) is 0 Å². The molecule has 0 aromatic heterocycles. The van der Waals surface area contributed by atoms with Crippen molar-refractivity contribution in [2.24, 2.45) is 16.8 Å². The number of benzene rings is 1. The minimum absolute atomic E-state index is 0.147. The summed E-state index contributed by atoms with van der Waals surface area (Å²) in [7, 11) is 0. The number of amidine groups is 1. The Bertz CT molecular complexity index is 460. The summed E-state index contributed by atoms with van der Waals surface area (Å²) >= 11 is 5.97. The molecule has 5 nitrogen and oxygen atoms in total. The number of oxime groups is 1. The third-order valence-corrected chi connectivity index (χ3v) is 2.65. The molecule has 0 spiro atoms. The lowest BCUT2D eigenvalue weighted by molar-refractivity contribution is -0.117. The van der Waals surface area contributed by atoms with Gasteiger partial charge in [0.25, 0.3) is 0 Å². The van der Waals surface area contributed by atoms with Crippen LogP contribution in [0.2, 0.25) is 5.02 Å². The van der Waals surface area contributed by atoms with E-state index >= 15 is 0 Å². The topological polar surface area (TPSA) is 87.7 Å². The number of carbonyl (C=O) groups excluding carboxylic acids is 1. The van der Waals surface area contributed by atoms with Gasteiger partial charge in [-0.3, -0.25) is 4.79 Å². The summed E-state index contributed by atoms with van der Waals surface area (Å²) in [6.07, 6.45) is 0. The molecule has 0 heterocycles. The maximum atomic E-state index is 11.7. The molecule has 1 rings (SSSR count). The third-order valence-electron chi connectivity index (χ3n) is 2.33. The molecule has 6 heteroatoms. The van der Waals surface area contributed by atoms with E-state index in [4.69, 9.17) is 22.5 Å². The van der Waals surface area contributed by atoms with Gasteiger partial charge in [-0.15, -0.1) is 0 Å². The molecule has 1 unspecified atom stereocenters. The lowest BCUT2D eigenvalue weighted by Gasteiger charge is -2.12. The van der Waals surface area contributed by atoms with Crippen LogP contribution in [-0.4, -0.2) is 17.0 Å². The van der Waals surface area contributed by atoms with Crippen molar-refractivity contribution in [3.05, 3.63) is 28.8 Å². The van der Waals surface area contributed by atoms with E-state index < -0.39 is 5.92 Å². The molecule has 1 aromatic rings. The molecule has 0 fully saturated rings. The van der Waals surface area contributed by atoms with Crippen LogP contribution in [0.15, 0.2) is 23.4 Å². The van der Waals surface area contributed by atoms with Crippen molar-refractivity contribution >= 4 is 29.0 Å². The van der Waals surface area contributed by atoms with Gasteiger partial charge >= 0.3 is 0 Å². The molecule has 0 radical (unpaired) electrons. The van der Waals surface area contributed by atoms with Crippen molar-refractivity contribution in [1.82, 2.24) is 0 Å². The lowest BCUT2D eigenvalue weighted by Crippen LogP contribution is -2.32. The minimum Gasteiger partial charge on any atom is -0.409 e. The van der Waals surface area contributed by atoms with Crippen LogP contribution in [0.3, 0.4) is 0 Å². The standard InChI is InChI=1S/C11H14ClN3O2/c1-6-3-4-9(8(12)5-6)14-11(16)7(2)10(13)15-17/h3-5,7,17H,1-2H3,(H2,13,15)(H,14,16). The molecule has 92 valence electrons. The highest BCUT2D eigenvalue weighted by molar-refractivity contribution is 6.33. The Morgan fingerprint density at radius 1 is 1.59 bits per heavy atom. The van der Waals surface area contributed by atoms with Gasteiger partial charge in [0.05, 0.1) is 16.6 Å². The number of rotatable bonds is 3. The number of nitrogens with zero attached hydrogens (tertiary/aromatic N) is 1. The van der Waals surface area contributed by atoms with Crippen molar-refractivity contribution < 1.29 is 10.0 Å². The number of nitrogens with two attached hydrogens (primary N) is 1. The van der Waals surface area contributed by atoms with Crippen LogP contribution >= 0.6 is 11.6 Å². The molecule has 1 atom stereocenters. The fourth-order valence-electron chi connectivity index (χ4n) is 1.18. The zero-order valence-corrected chi connectivity index (χ0v) is 10.3. The number of aryl methyl sites for hydroxylation is 1. The van der Waals surface area contributed by atoms with Crippen LogP contribution in [0.25, 0.3) is 0 Å². The average molecular weight is 256 g/mol. The predicted molar refractivity (Wildman–Crippen MR) is 67.4 cm³/mol. The van der Waals surface area contributed by atoms with E-state index in [2.05, 4.69) is 10.5 Å². The molecule has 0 aliphatic carbocycles.